The van der Waals surface area contributed by atoms with E-state index in [-0.39, 0.29) is 23.1 Å². The van der Waals surface area contributed by atoms with Crippen LogP contribution in [0.15, 0.2) is 27.6 Å². The molecule has 0 aromatic carbocycles. The highest BCUT2D eigenvalue weighted by Gasteiger charge is 2.53. The summed E-state index contributed by atoms with van der Waals surface area (Å²) in [6.07, 6.45) is 2.65. The Kier molecular flexibility index (Phi) is 6.95. The fraction of sp³-hybridized carbons (Fsp3) is 0.474. The lowest BCUT2D eigenvalue weighted by Gasteiger charge is -2.48. The molecule has 2 aliphatic rings. The Morgan fingerprint density at radius 2 is 2.09 bits per heavy atom. The minimum Gasteiger partial charge on any atom is -0.432 e. The number of ether oxygens (including phenoxy) is 2. The number of nitrogen functional groups attached to an aromatic ring is 1. The first-order chi connectivity index (χ1) is 15.5. The molecule has 3 N–H and O–H groups in total. The molecule has 0 saturated carbocycles. The number of carbonyl (C=O) groups is 4. The number of oxime groups is 1. The zero-order valence-electron chi connectivity index (χ0n) is 18.3. The van der Waals surface area contributed by atoms with Crippen molar-refractivity contribution in [3.8, 4) is 0 Å². The first kappa shape index (κ1) is 24.1. The number of thioether (sulfide) groups is 1. The van der Waals surface area contributed by atoms with Crippen molar-refractivity contribution in [2.75, 3.05) is 25.4 Å². The second kappa shape index (κ2) is 9.52. The summed E-state index contributed by atoms with van der Waals surface area (Å²) >= 11 is 1.34. The number of hydrogen-bond acceptors (Lipinski definition) is 12. The topological polar surface area (TPSA) is 176 Å². The van der Waals surface area contributed by atoms with E-state index in [9.17, 15) is 19.2 Å². The van der Waals surface area contributed by atoms with Crippen LogP contribution in [0.5, 0.6) is 0 Å². The summed E-state index contributed by atoms with van der Waals surface area (Å²) in [5.74, 6) is -2.22. The highest BCUT2D eigenvalue weighted by molar-refractivity contribution is 8.00. The van der Waals surface area contributed by atoms with Crippen molar-refractivity contribution in [3.05, 3.63) is 23.7 Å². The first-order valence-corrected chi connectivity index (χ1v) is 10.7. The van der Waals surface area contributed by atoms with Crippen LogP contribution in [0.4, 0.5) is 6.01 Å². The summed E-state index contributed by atoms with van der Waals surface area (Å²) in [6.45, 7) is 4.41. The van der Waals surface area contributed by atoms with Crippen LogP contribution in [0.25, 0.3) is 0 Å². The minimum atomic E-state index is -0.927. The van der Waals surface area contributed by atoms with Crippen molar-refractivity contribution in [1.29, 1.82) is 0 Å². The number of rotatable bonds is 7. The zero-order chi connectivity index (χ0) is 24.3. The van der Waals surface area contributed by atoms with Gasteiger partial charge >= 0.3 is 11.9 Å². The third kappa shape index (κ3) is 5.10. The molecule has 0 radical (unpaired) electrons. The van der Waals surface area contributed by atoms with E-state index >= 15 is 0 Å². The van der Waals surface area contributed by atoms with E-state index in [1.54, 1.807) is 20.8 Å². The smallest absolute Gasteiger partial charge is 0.357 e. The average Bonchev–Trinajstić information content (AvgIpc) is 3.19. The van der Waals surface area contributed by atoms with E-state index in [0.29, 0.717) is 5.75 Å². The van der Waals surface area contributed by atoms with E-state index in [1.165, 1.54) is 29.8 Å². The van der Waals surface area contributed by atoms with Gasteiger partial charge in [-0.05, 0) is 26.8 Å². The summed E-state index contributed by atoms with van der Waals surface area (Å²) in [7, 11) is 1.24. The van der Waals surface area contributed by atoms with Crippen molar-refractivity contribution in [1.82, 2.24) is 15.2 Å². The number of β-lactam (4-membered cyclic amide) rings is 1. The molecule has 1 aromatic rings. The molecule has 13 nitrogen and oxygen atoms in total. The van der Waals surface area contributed by atoms with Crippen molar-refractivity contribution in [3.63, 3.8) is 0 Å². The molecule has 3 rings (SSSR count). The quantitative estimate of drug-likeness (QED) is 0.176. The third-order valence-electron chi connectivity index (χ3n) is 4.50. The van der Waals surface area contributed by atoms with E-state index in [0.717, 1.165) is 6.26 Å². The van der Waals surface area contributed by atoms with Gasteiger partial charge in [-0.25, -0.2) is 4.79 Å². The largest absolute Gasteiger partial charge is 0.432 e. The maximum Gasteiger partial charge on any atom is 0.357 e. The number of hydrogen-bond donors (Lipinski definition) is 2. The minimum absolute atomic E-state index is 0.0103. The maximum absolute atomic E-state index is 12.7. The van der Waals surface area contributed by atoms with Crippen molar-refractivity contribution < 1.29 is 37.9 Å². The SMILES string of the molecule is CO/N=C(\C(=O)N[C@@H]1C(=O)N2C(C(=O)OCOC(=O)C(C)(C)C)=CCS[C@H]12)c1coc(N)n1. The molecule has 0 unspecified atom stereocenters. The first-order valence-electron chi connectivity index (χ1n) is 9.67. The van der Waals surface area contributed by atoms with Gasteiger partial charge < -0.3 is 29.8 Å². The Bertz CT molecular complexity index is 1030. The van der Waals surface area contributed by atoms with Crippen molar-refractivity contribution in [2.45, 2.75) is 32.2 Å². The fourth-order valence-electron chi connectivity index (χ4n) is 2.86. The second-order valence-corrected chi connectivity index (χ2v) is 9.05. The molecule has 0 aliphatic carbocycles. The number of anilines is 1. The highest BCUT2D eigenvalue weighted by atomic mass is 32.2. The predicted octanol–water partition coefficient (Wildman–Crippen LogP) is -0.0189. The van der Waals surface area contributed by atoms with Crippen LogP contribution in [0.2, 0.25) is 0 Å². The molecule has 0 bridgehead atoms. The van der Waals surface area contributed by atoms with Crippen LogP contribution >= 0.6 is 11.8 Å². The number of esters is 2. The Morgan fingerprint density at radius 1 is 1.36 bits per heavy atom. The number of oxazole rings is 1. The van der Waals surface area contributed by atoms with Gasteiger partial charge in [-0.3, -0.25) is 19.3 Å². The molecule has 2 aliphatic heterocycles. The van der Waals surface area contributed by atoms with Crippen LogP contribution in [0.3, 0.4) is 0 Å². The summed E-state index contributed by atoms with van der Waals surface area (Å²) in [5, 5.41) is 5.64. The van der Waals surface area contributed by atoms with Gasteiger partial charge in [-0.2, -0.15) is 4.98 Å². The van der Waals surface area contributed by atoms with Gasteiger partial charge in [0.15, 0.2) is 5.71 Å². The van der Waals surface area contributed by atoms with Gasteiger partial charge in [0, 0.05) is 5.75 Å². The Balaban J connectivity index is 1.61. The van der Waals surface area contributed by atoms with E-state index in [4.69, 9.17) is 19.6 Å². The van der Waals surface area contributed by atoms with Gasteiger partial charge in [0.25, 0.3) is 17.8 Å². The summed E-state index contributed by atoms with van der Waals surface area (Å²) in [5.41, 5.74) is 4.48. The summed E-state index contributed by atoms with van der Waals surface area (Å²) < 4.78 is 14.8. The molecule has 3 heterocycles. The van der Waals surface area contributed by atoms with Gasteiger partial charge in [0.05, 0.1) is 5.41 Å². The average molecular weight is 481 g/mol. The standard InChI is InChI=1S/C19H23N5O8S/c1-19(2,3)17(28)32-8-31-16(27)10-5-6-33-15-12(14(26)24(10)15)22-13(25)11(23-29-4)9-7-30-18(20)21-9/h5,7,12,15H,6,8H2,1-4H3,(H2,20,21)(H,22,25)/b23-11-/t12-,15-/m1/s1. The lowest BCUT2D eigenvalue weighted by Crippen LogP contribution is -2.70. The number of nitrogens with two attached hydrogens (primary N) is 1. The molecule has 2 amide bonds. The Labute approximate surface area is 192 Å². The Morgan fingerprint density at radius 3 is 2.70 bits per heavy atom. The zero-order valence-corrected chi connectivity index (χ0v) is 19.1. The number of fused-ring (bicyclic) bond motifs is 1. The van der Waals surface area contributed by atoms with Gasteiger partial charge in [0.1, 0.15) is 36.2 Å². The van der Waals surface area contributed by atoms with Gasteiger partial charge in [0.2, 0.25) is 6.79 Å². The number of nitrogens with zero attached hydrogens (tertiary/aromatic N) is 3. The molecule has 14 heteroatoms. The van der Waals surface area contributed by atoms with E-state index in [1.807, 2.05) is 0 Å². The van der Waals surface area contributed by atoms with Crippen LogP contribution in [0, 0.1) is 5.41 Å². The molecule has 1 saturated heterocycles. The van der Waals surface area contributed by atoms with Crippen LogP contribution in [-0.2, 0) is 33.5 Å². The molecule has 33 heavy (non-hydrogen) atoms. The van der Waals surface area contributed by atoms with Gasteiger partial charge in [-0.1, -0.05) is 5.16 Å². The molecule has 1 aromatic heterocycles. The molecular weight excluding hydrogens is 458 g/mol. The Hall–Kier alpha value is -3.55. The maximum atomic E-state index is 12.7. The number of amides is 2. The summed E-state index contributed by atoms with van der Waals surface area (Å²) in [4.78, 5) is 59.3. The van der Waals surface area contributed by atoms with Crippen LogP contribution in [-0.4, -0.2) is 70.4 Å². The second-order valence-electron chi connectivity index (χ2n) is 7.90. The van der Waals surface area contributed by atoms with Crippen molar-refractivity contribution >= 4 is 47.2 Å². The summed E-state index contributed by atoms with van der Waals surface area (Å²) in [6, 6.07) is -1.10. The predicted molar refractivity (Wildman–Crippen MR) is 114 cm³/mol. The van der Waals surface area contributed by atoms with Crippen LogP contribution < -0.4 is 11.1 Å². The monoisotopic (exact) mass is 481 g/mol. The van der Waals surface area contributed by atoms with E-state index in [2.05, 4.69) is 20.3 Å². The number of nitrogens with one attached hydrogen (secondary N) is 1. The number of carbonyl (C=O) groups excluding carboxylic acids is 4. The fourth-order valence-corrected chi connectivity index (χ4v) is 4.05. The number of aromatic nitrogens is 1. The molecule has 0 spiro atoms. The molecule has 178 valence electrons. The van der Waals surface area contributed by atoms with E-state index < -0.39 is 47.4 Å². The highest BCUT2D eigenvalue weighted by Crippen LogP contribution is 2.37. The molecule has 2 atom stereocenters. The lowest BCUT2D eigenvalue weighted by atomic mass is 9.98. The lowest BCUT2D eigenvalue weighted by molar-refractivity contribution is -0.173. The molecule has 1 fully saturated rings. The molecular formula is C19H23N5O8S. The van der Waals surface area contributed by atoms with Crippen LogP contribution in [0.1, 0.15) is 26.5 Å². The van der Waals surface area contributed by atoms with Gasteiger partial charge in [-0.15, -0.1) is 11.8 Å². The third-order valence-corrected chi connectivity index (χ3v) is 5.68. The van der Waals surface area contributed by atoms with Crippen molar-refractivity contribution in [2.24, 2.45) is 10.6 Å². The normalized spacial score (nSPS) is 20.2.